The topological polar surface area (TPSA) is 103 Å². The van der Waals surface area contributed by atoms with Gasteiger partial charge in [-0.25, -0.2) is 18.2 Å². The highest BCUT2D eigenvalue weighted by molar-refractivity contribution is 7.92. The fourth-order valence-electron chi connectivity index (χ4n) is 2.96. The van der Waals surface area contributed by atoms with Gasteiger partial charge in [0.15, 0.2) is 0 Å². The summed E-state index contributed by atoms with van der Waals surface area (Å²) in [5, 5.41) is 9.65. The first-order chi connectivity index (χ1) is 13.5. The molecule has 1 heterocycles. The second-order valence-electron chi connectivity index (χ2n) is 7.21. The molecule has 0 bridgehead atoms. The largest absolute Gasteiger partial charge is 0.478 e. The molecule has 0 aliphatic rings. The molecule has 2 aromatic rings. The molecule has 0 radical (unpaired) electrons. The van der Waals surface area contributed by atoms with E-state index in [0.29, 0.717) is 18.9 Å². The number of aryl methyl sites for hydroxylation is 2. The SMILES string of the molecule is CCN(CCN(C)C)c1ncc(NS(=O)(=O)c2cc(C)cc(C)c2)cc1C(=O)O. The van der Waals surface area contributed by atoms with E-state index >= 15 is 0 Å². The fraction of sp³-hybridized carbons (Fsp3) is 0.400. The van der Waals surface area contributed by atoms with Crippen molar-refractivity contribution < 1.29 is 18.3 Å². The van der Waals surface area contributed by atoms with Crippen molar-refractivity contribution in [2.45, 2.75) is 25.7 Å². The van der Waals surface area contributed by atoms with E-state index in [4.69, 9.17) is 0 Å². The number of sulfonamides is 1. The van der Waals surface area contributed by atoms with E-state index in [-0.39, 0.29) is 16.1 Å². The molecule has 0 amide bonds. The molecule has 0 unspecified atom stereocenters. The number of pyridine rings is 1. The molecule has 0 spiro atoms. The van der Waals surface area contributed by atoms with Gasteiger partial charge in [0.2, 0.25) is 0 Å². The van der Waals surface area contributed by atoms with Crippen molar-refractivity contribution in [2.24, 2.45) is 0 Å². The Balaban J connectivity index is 2.37. The maximum atomic E-state index is 12.7. The van der Waals surface area contributed by atoms with Crippen LogP contribution in [0.5, 0.6) is 0 Å². The molecule has 0 atom stereocenters. The summed E-state index contributed by atoms with van der Waals surface area (Å²) in [7, 11) is 0.00545. The van der Waals surface area contributed by atoms with Crippen molar-refractivity contribution in [2.75, 3.05) is 43.4 Å². The van der Waals surface area contributed by atoms with Crippen molar-refractivity contribution >= 4 is 27.5 Å². The predicted octanol–water partition coefficient (Wildman–Crippen LogP) is 2.59. The maximum absolute atomic E-state index is 12.7. The number of hydrogen-bond acceptors (Lipinski definition) is 6. The van der Waals surface area contributed by atoms with E-state index in [1.165, 1.54) is 12.3 Å². The zero-order valence-corrected chi connectivity index (χ0v) is 18.2. The van der Waals surface area contributed by atoms with Crippen LogP contribution in [0.25, 0.3) is 0 Å². The molecule has 2 rings (SSSR count). The minimum atomic E-state index is -3.86. The van der Waals surface area contributed by atoms with Gasteiger partial charge in [-0.05, 0) is 64.2 Å². The number of carbonyl (C=O) groups is 1. The molecule has 8 nitrogen and oxygen atoms in total. The van der Waals surface area contributed by atoms with Gasteiger partial charge in [0.1, 0.15) is 11.4 Å². The van der Waals surface area contributed by atoms with Crippen LogP contribution >= 0.6 is 0 Å². The highest BCUT2D eigenvalue weighted by atomic mass is 32.2. The van der Waals surface area contributed by atoms with Crippen LogP contribution in [0, 0.1) is 13.8 Å². The van der Waals surface area contributed by atoms with Crippen molar-refractivity contribution in [1.82, 2.24) is 9.88 Å². The third kappa shape index (κ3) is 5.91. The summed E-state index contributed by atoms with van der Waals surface area (Å²) < 4.78 is 27.9. The van der Waals surface area contributed by atoms with Crippen LogP contribution < -0.4 is 9.62 Å². The van der Waals surface area contributed by atoms with Crippen LogP contribution in [-0.4, -0.2) is 63.1 Å². The molecule has 0 aliphatic carbocycles. The average molecular weight is 421 g/mol. The molecule has 9 heteroatoms. The van der Waals surface area contributed by atoms with Gasteiger partial charge >= 0.3 is 5.97 Å². The van der Waals surface area contributed by atoms with Crippen molar-refractivity contribution in [1.29, 1.82) is 0 Å². The predicted molar refractivity (Wildman–Crippen MR) is 114 cm³/mol. The Kier molecular flexibility index (Phi) is 7.21. The van der Waals surface area contributed by atoms with Crippen molar-refractivity contribution in [3.8, 4) is 0 Å². The highest BCUT2D eigenvalue weighted by Crippen LogP contribution is 2.24. The number of carboxylic acids is 1. The minimum absolute atomic E-state index is 0.0498. The summed E-state index contributed by atoms with van der Waals surface area (Å²) in [5.74, 6) is -0.848. The lowest BCUT2D eigenvalue weighted by Gasteiger charge is -2.25. The van der Waals surface area contributed by atoms with E-state index in [0.717, 1.165) is 17.7 Å². The first-order valence-electron chi connectivity index (χ1n) is 9.27. The Morgan fingerprint density at radius 3 is 2.24 bits per heavy atom. The van der Waals surface area contributed by atoms with Gasteiger partial charge in [0.05, 0.1) is 16.8 Å². The number of carboxylic acid groups (broad SMARTS) is 1. The lowest BCUT2D eigenvalue weighted by atomic mass is 10.2. The smallest absolute Gasteiger partial charge is 0.339 e. The van der Waals surface area contributed by atoms with E-state index in [1.807, 2.05) is 50.7 Å². The number of aromatic carboxylic acids is 1. The summed E-state index contributed by atoms with van der Waals surface area (Å²) in [4.78, 5) is 20.0. The van der Waals surface area contributed by atoms with Crippen LogP contribution in [-0.2, 0) is 10.0 Å². The Bertz CT molecular complexity index is 970. The molecule has 0 saturated carbocycles. The second-order valence-corrected chi connectivity index (χ2v) is 8.89. The van der Waals surface area contributed by atoms with Crippen molar-refractivity contribution in [3.63, 3.8) is 0 Å². The van der Waals surface area contributed by atoms with Gasteiger partial charge in [0.25, 0.3) is 10.0 Å². The molecular weight excluding hydrogens is 392 g/mol. The Labute approximate surface area is 172 Å². The first-order valence-corrected chi connectivity index (χ1v) is 10.8. The number of rotatable bonds is 9. The summed E-state index contributed by atoms with van der Waals surface area (Å²) in [6.07, 6.45) is 1.35. The van der Waals surface area contributed by atoms with Crippen LogP contribution in [0.4, 0.5) is 11.5 Å². The molecule has 0 fully saturated rings. The first kappa shape index (κ1) is 22.6. The Morgan fingerprint density at radius 1 is 1.10 bits per heavy atom. The molecule has 29 heavy (non-hydrogen) atoms. The average Bonchev–Trinajstić information content (AvgIpc) is 2.61. The van der Waals surface area contributed by atoms with Gasteiger partial charge in [-0.15, -0.1) is 0 Å². The number of nitrogens with zero attached hydrogens (tertiary/aromatic N) is 3. The standard InChI is InChI=1S/C20H28N4O4S/c1-6-24(8-7-23(4)5)19-18(20(25)26)12-16(13-21-19)22-29(27,28)17-10-14(2)9-15(3)11-17/h9-13,22H,6-8H2,1-5H3,(H,25,26). The van der Waals surface area contributed by atoms with Gasteiger partial charge in [-0.3, -0.25) is 4.72 Å². The number of nitrogens with one attached hydrogen (secondary N) is 1. The number of anilines is 2. The van der Waals surface area contributed by atoms with Crippen LogP contribution in [0.15, 0.2) is 35.4 Å². The van der Waals surface area contributed by atoms with E-state index in [2.05, 4.69) is 9.71 Å². The van der Waals surface area contributed by atoms with Gasteiger partial charge in [-0.2, -0.15) is 0 Å². The van der Waals surface area contributed by atoms with E-state index in [9.17, 15) is 18.3 Å². The number of hydrogen-bond donors (Lipinski definition) is 2. The van der Waals surface area contributed by atoms with Gasteiger partial charge in [-0.1, -0.05) is 6.07 Å². The number of benzene rings is 1. The Hall–Kier alpha value is -2.65. The molecule has 0 aliphatic heterocycles. The maximum Gasteiger partial charge on any atom is 0.339 e. The minimum Gasteiger partial charge on any atom is -0.478 e. The third-order valence-electron chi connectivity index (χ3n) is 4.35. The summed E-state index contributed by atoms with van der Waals surface area (Å²) in [6, 6.07) is 6.32. The lowest BCUT2D eigenvalue weighted by molar-refractivity contribution is 0.0697. The molecule has 2 N–H and O–H groups in total. The summed E-state index contributed by atoms with van der Waals surface area (Å²) in [5.41, 5.74) is 1.70. The van der Waals surface area contributed by atoms with Gasteiger partial charge in [0, 0.05) is 19.6 Å². The normalized spacial score (nSPS) is 11.5. The molecule has 158 valence electrons. The Morgan fingerprint density at radius 2 is 1.72 bits per heavy atom. The third-order valence-corrected chi connectivity index (χ3v) is 5.71. The summed E-state index contributed by atoms with van der Waals surface area (Å²) in [6.45, 7) is 7.46. The van der Waals surface area contributed by atoms with Crippen molar-refractivity contribution in [3.05, 3.63) is 47.2 Å². The zero-order valence-electron chi connectivity index (χ0n) is 17.4. The lowest BCUT2D eigenvalue weighted by Crippen LogP contribution is -2.33. The van der Waals surface area contributed by atoms with Gasteiger partial charge < -0.3 is 14.9 Å². The number of likely N-dealkylation sites (N-methyl/N-ethyl adjacent to an activating group) is 2. The molecule has 1 aromatic carbocycles. The highest BCUT2D eigenvalue weighted by Gasteiger charge is 2.21. The van der Waals surface area contributed by atoms with Crippen LogP contribution in [0.3, 0.4) is 0 Å². The molecule has 0 saturated heterocycles. The molecule has 1 aromatic heterocycles. The molecular formula is C20H28N4O4S. The fourth-order valence-corrected chi connectivity index (χ4v) is 4.18. The number of aromatic nitrogens is 1. The van der Waals surface area contributed by atoms with E-state index < -0.39 is 16.0 Å². The summed E-state index contributed by atoms with van der Waals surface area (Å²) >= 11 is 0. The van der Waals surface area contributed by atoms with E-state index in [1.54, 1.807) is 12.1 Å². The van der Waals surface area contributed by atoms with Crippen LogP contribution in [0.1, 0.15) is 28.4 Å². The second kappa shape index (κ2) is 9.23. The van der Waals surface area contributed by atoms with Crippen LogP contribution in [0.2, 0.25) is 0 Å². The monoisotopic (exact) mass is 420 g/mol. The zero-order chi connectivity index (χ0) is 21.8. The quantitative estimate of drug-likeness (QED) is 0.643.